The van der Waals surface area contributed by atoms with Crippen LogP contribution in [-0.4, -0.2) is 43.7 Å². The molecule has 18 heavy (non-hydrogen) atoms. The zero-order valence-corrected chi connectivity index (χ0v) is 12.0. The van der Waals surface area contributed by atoms with E-state index in [9.17, 15) is 0 Å². The van der Waals surface area contributed by atoms with Crippen molar-refractivity contribution in [1.82, 2.24) is 10.2 Å². The monoisotopic (exact) mass is 288 g/mol. The number of nitrogens with one attached hydrogen (secondary N) is 1. The fraction of sp³-hybridized carbons (Fsp3) is 0.538. The molecule has 1 saturated heterocycles. The number of hydrogen-bond acceptors (Lipinski definition) is 3. The van der Waals surface area contributed by atoms with Crippen LogP contribution in [0.4, 0.5) is 0 Å². The summed E-state index contributed by atoms with van der Waals surface area (Å²) in [5.74, 6) is 0.698. The molecule has 0 aromatic heterocycles. The molecule has 0 bridgehead atoms. The molecule has 100 valence electrons. The summed E-state index contributed by atoms with van der Waals surface area (Å²) in [6, 6.07) is 5.95. The van der Waals surface area contributed by atoms with Crippen molar-refractivity contribution in [3.8, 4) is 5.75 Å². The molecule has 1 aromatic rings. The Morgan fingerprint density at radius 2 is 2.17 bits per heavy atom. The molecule has 0 radical (unpaired) electrons. The van der Waals surface area contributed by atoms with Crippen molar-refractivity contribution in [3.63, 3.8) is 0 Å². The minimum atomic E-state index is 0.566. The van der Waals surface area contributed by atoms with Gasteiger partial charge in [0.2, 0.25) is 0 Å². The molecule has 1 aliphatic rings. The van der Waals surface area contributed by atoms with Crippen molar-refractivity contribution in [2.45, 2.75) is 13.0 Å². The number of rotatable bonds is 6. The molecule has 2 rings (SSSR count). The number of ether oxygens (including phenoxy) is 1. The van der Waals surface area contributed by atoms with Crippen LogP contribution >= 0.6 is 23.2 Å². The summed E-state index contributed by atoms with van der Waals surface area (Å²) in [5, 5.41) is 4.47. The van der Waals surface area contributed by atoms with Crippen molar-refractivity contribution < 1.29 is 4.74 Å². The predicted octanol–water partition coefficient (Wildman–Crippen LogP) is 2.67. The largest absolute Gasteiger partial charge is 0.491 e. The molecule has 1 heterocycles. The van der Waals surface area contributed by atoms with Gasteiger partial charge < -0.3 is 10.1 Å². The molecule has 0 unspecified atom stereocenters. The summed E-state index contributed by atoms with van der Waals surface area (Å²) >= 11 is 11.9. The van der Waals surface area contributed by atoms with Gasteiger partial charge in [-0.2, -0.15) is 0 Å². The fourth-order valence-electron chi connectivity index (χ4n) is 2.00. The molecule has 0 amide bonds. The molecule has 0 atom stereocenters. The third kappa shape index (κ3) is 3.51. The zero-order chi connectivity index (χ0) is 13.0. The number of benzene rings is 1. The van der Waals surface area contributed by atoms with E-state index in [1.807, 2.05) is 6.07 Å². The smallest absolute Gasteiger partial charge is 0.138 e. The van der Waals surface area contributed by atoms with Gasteiger partial charge in [0.15, 0.2) is 0 Å². The maximum absolute atomic E-state index is 6.05. The van der Waals surface area contributed by atoms with E-state index in [1.54, 1.807) is 12.1 Å². The molecule has 1 N–H and O–H groups in total. The lowest BCUT2D eigenvalue weighted by molar-refractivity contribution is 0.128. The van der Waals surface area contributed by atoms with Gasteiger partial charge in [-0.1, -0.05) is 30.1 Å². The van der Waals surface area contributed by atoms with E-state index >= 15 is 0 Å². The second-order valence-corrected chi connectivity index (χ2v) is 5.21. The molecule has 1 fully saturated rings. The van der Waals surface area contributed by atoms with E-state index in [1.165, 1.54) is 0 Å². The number of nitrogens with zero attached hydrogens (tertiary/aromatic N) is 1. The molecule has 1 aliphatic heterocycles. The van der Waals surface area contributed by atoms with Gasteiger partial charge in [0.25, 0.3) is 0 Å². The lowest BCUT2D eigenvalue weighted by Crippen LogP contribution is -2.57. The first-order valence-electron chi connectivity index (χ1n) is 6.23. The Labute approximate surface area is 118 Å². The van der Waals surface area contributed by atoms with Gasteiger partial charge in [-0.3, -0.25) is 4.90 Å². The Balaban J connectivity index is 1.80. The van der Waals surface area contributed by atoms with Gasteiger partial charge in [-0.25, -0.2) is 0 Å². The minimum absolute atomic E-state index is 0.566. The number of likely N-dealkylation sites (N-methyl/N-ethyl adjacent to an activating group) is 1. The van der Waals surface area contributed by atoms with Crippen LogP contribution in [0.3, 0.4) is 0 Å². The summed E-state index contributed by atoms with van der Waals surface area (Å²) in [5.41, 5.74) is 0. The summed E-state index contributed by atoms with van der Waals surface area (Å²) in [6.07, 6.45) is 0. The van der Waals surface area contributed by atoms with E-state index in [0.717, 1.165) is 26.2 Å². The average molecular weight is 289 g/mol. The van der Waals surface area contributed by atoms with E-state index in [4.69, 9.17) is 27.9 Å². The van der Waals surface area contributed by atoms with Crippen molar-refractivity contribution >= 4 is 23.2 Å². The molecular formula is C13H18Cl2N2O. The van der Waals surface area contributed by atoms with Gasteiger partial charge in [-0.15, -0.1) is 0 Å². The van der Waals surface area contributed by atoms with Gasteiger partial charge in [-0.05, 0) is 24.7 Å². The second-order valence-electron chi connectivity index (χ2n) is 4.36. The molecular weight excluding hydrogens is 271 g/mol. The third-order valence-electron chi connectivity index (χ3n) is 3.21. The summed E-state index contributed by atoms with van der Waals surface area (Å²) in [4.78, 5) is 2.42. The maximum Gasteiger partial charge on any atom is 0.138 e. The van der Waals surface area contributed by atoms with Gasteiger partial charge in [0.1, 0.15) is 12.4 Å². The van der Waals surface area contributed by atoms with E-state index in [0.29, 0.717) is 28.4 Å². The Morgan fingerprint density at radius 1 is 1.39 bits per heavy atom. The van der Waals surface area contributed by atoms with Crippen molar-refractivity contribution in [2.75, 3.05) is 32.8 Å². The molecule has 3 nitrogen and oxygen atoms in total. The normalized spacial score (nSPS) is 15.8. The highest BCUT2D eigenvalue weighted by molar-refractivity contribution is 6.35. The van der Waals surface area contributed by atoms with Crippen LogP contribution < -0.4 is 10.1 Å². The van der Waals surface area contributed by atoms with E-state index < -0.39 is 0 Å². The summed E-state index contributed by atoms with van der Waals surface area (Å²) in [6.45, 7) is 6.94. The molecule has 5 heteroatoms. The lowest BCUT2D eigenvalue weighted by Gasteiger charge is -2.37. The maximum atomic E-state index is 6.05. The quantitative estimate of drug-likeness (QED) is 0.871. The Bertz CT molecular complexity index is 397. The van der Waals surface area contributed by atoms with Gasteiger partial charge in [0.05, 0.1) is 5.02 Å². The van der Waals surface area contributed by atoms with Crippen molar-refractivity contribution in [1.29, 1.82) is 0 Å². The second kappa shape index (κ2) is 6.62. The van der Waals surface area contributed by atoms with Crippen LogP contribution in [0.25, 0.3) is 0 Å². The van der Waals surface area contributed by atoms with Crippen LogP contribution in [0.2, 0.25) is 10.0 Å². The first kappa shape index (κ1) is 13.9. The van der Waals surface area contributed by atoms with Crippen LogP contribution in [0.5, 0.6) is 5.75 Å². The zero-order valence-electron chi connectivity index (χ0n) is 10.5. The van der Waals surface area contributed by atoms with Crippen LogP contribution in [0.15, 0.2) is 18.2 Å². The Kier molecular flexibility index (Phi) is 5.13. The standard InChI is InChI=1S/C13H18Cl2N2O/c1-2-17(11-8-16-9-11)5-6-18-13-4-3-10(14)7-12(13)15/h3-4,7,11,16H,2,5-6,8-9H2,1H3. The Hall–Kier alpha value is -0.480. The number of halogens is 2. The van der Waals surface area contributed by atoms with E-state index in [2.05, 4.69) is 17.1 Å². The molecule has 1 aromatic carbocycles. The topological polar surface area (TPSA) is 24.5 Å². The Morgan fingerprint density at radius 3 is 2.72 bits per heavy atom. The van der Waals surface area contributed by atoms with Crippen molar-refractivity contribution in [2.24, 2.45) is 0 Å². The molecule has 0 spiro atoms. The predicted molar refractivity (Wildman–Crippen MR) is 75.9 cm³/mol. The highest BCUT2D eigenvalue weighted by Gasteiger charge is 2.22. The molecule has 0 aliphatic carbocycles. The average Bonchev–Trinajstić information content (AvgIpc) is 2.28. The lowest BCUT2D eigenvalue weighted by atomic mass is 10.1. The summed E-state index contributed by atoms with van der Waals surface area (Å²) in [7, 11) is 0. The first-order chi connectivity index (χ1) is 8.70. The van der Waals surface area contributed by atoms with E-state index in [-0.39, 0.29) is 0 Å². The highest BCUT2D eigenvalue weighted by Crippen LogP contribution is 2.27. The summed E-state index contributed by atoms with van der Waals surface area (Å²) < 4.78 is 5.69. The SMILES string of the molecule is CCN(CCOc1ccc(Cl)cc1Cl)C1CNC1. The van der Waals surface area contributed by atoms with Crippen LogP contribution in [0, 0.1) is 0 Å². The van der Waals surface area contributed by atoms with Gasteiger partial charge in [0, 0.05) is 30.7 Å². The van der Waals surface area contributed by atoms with Crippen LogP contribution in [0.1, 0.15) is 6.92 Å². The number of hydrogen-bond donors (Lipinski definition) is 1. The first-order valence-corrected chi connectivity index (χ1v) is 6.99. The molecule has 0 saturated carbocycles. The van der Waals surface area contributed by atoms with Crippen molar-refractivity contribution in [3.05, 3.63) is 28.2 Å². The minimum Gasteiger partial charge on any atom is -0.491 e. The third-order valence-corrected chi connectivity index (χ3v) is 3.74. The van der Waals surface area contributed by atoms with Gasteiger partial charge >= 0.3 is 0 Å². The highest BCUT2D eigenvalue weighted by atomic mass is 35.5. The van der Waals surface area contributed by atoms with Crippen LogP contribution in [-0.2, 0) is 0 Å². The fourth-order valence-corrected chi connectivity index (χ4v) is 2.46.